The van der Waals surface area contributed by atoms with Crippen molar-refractivity contribution in [2.75, 3.05) is 12.9 Å². The van der Waals surface area contributed by atoms with Gasteiger partial charge in [-0.15, -0.1) is 0 Å². The summed E-state index contributed by atoms with van der Waals surface area (Å²) in [6.45, 7) is 3.87. The van der Waals surface area contributed by atoms with Crippen molar-refractivity contribution in [2.24, 2.45) is 7.05 Å². The fourth-order valence-corrected chi connectivity index (χ4v) is 6.79. The van der Waals surface area contributed by atoms with Gasteiger partial charge in [-0.2, -0.15) is 0 Å². The first-order chi connectivity index (χ1) is 20.2. The highest BCUT2D eigenvalue weighted by molar-refractivity contribution is 7.99. The summed E-state index contributed by atoms with van der Waals surface area (Å²) in [6.07, 6.45) is 5.47. The predicted octanol–water partition coefficient (Wildman–Crippen LogP) is 6.83. The number of hydrogen-bond donors (Lipinski definition) is 1. The molecule has 224 valence electrons. The summed E-state index contributed by atoms with van der Waals surface area (Å²) in [6, 6.07) is 15.8. The number of carbonyl (C=O) groups is 3. The summed E-state index contributed by atoms with van der Waals surface area (Å²) in [7, 11) is 3.28. The first-order valence-electron chi connectivity index (χ1n) is 14.4. The summed E-state index contributed by atoms with van der Waals surface area (Å²) in [5, 5.41) is 4.31. The number of Topliss-reactive ketones (excluding diaryl/α,β-unsaturated/α-hetero) is 1. The summed E-state index contributed by atoms with van der Waals surface area (Å²) < 4.78 is 7.26. The van der Waals surface area contributed by atoms with Crippen molar-refractivity contribution in [3.05, 3.63) is 71.4 Å². The molecule has 1 aliphatic carbocycles. The summed E-state index contributed by atoms with van der Waals surface area (Å²) in [5.74, 6) is -0.791. The van der Waals surface area contributed by atoms with Gasteiger partial charge in [-0.05, 0) is 55.9 Å². The molecule has 1 aliphatic rings. The van der Waals surface area contributed by atoms with Crippen molar-refractivity contribution in [3.8, 4) is 11.3 Å². The number of carbonyl (C=O) groups excluding carboxylic acids is 3. The molecule has 8 nitrogen and oxygen atoms in total. The molecule has 1 aromatic heterocycles. The van der Waals surface area contributed by atoms with Crippen LogP contribution in [0.3, 0.4) is 0 Å². The van der Waals surface area contributed by atoms with Crippen LogP contribution in [0.2, 0.25) is 5.02 Å². The number of rotatable bonds is 13. The zero-order chi connectivity index (χ0) is 30.3. The second kappa shape index (κ2) is 14.2. The summed E-state index contributed by atoms with van der Waals surface area (Å²) in [4.78, 5) is 46.7. The number of hydrogen-bond acceptors (Lipinski definition) is 6. The lowest BCUT2D eigenvalue weighted by molar-refractivity contribution is -0.143. The van der Waals surface area contributed by atoms with Crippen molar-refractivity contribution >= 4 is 41.1 Å². The molecule has 1 N–H and O–H groups in total. The Bertz CT molecular complexity index is 1370. The Labute approximate surface area is 257 Å². The third kappa shape index (κ3) is 7.01. The Hall–Kier alpha value is -3.30. The lowest BCUT2D eigenvalue weighted by Crippen LogP contribution is -2.64. The third-order valence-electron chi connectivity index (χ3n) is 8.04. The number of halogens is 1. The average Bonchev–Trinajstić information content (AvgIpc) is 3.35. The molecule has 0 bridgehead atoms. The SMILES string of the molecule is CCCC[C@@H](C(=O)C(=O)N[C@H](C)c1ccccc1)N(C(=O)OC)C1(CSc2ncc(-c3ccc(Cl)cc3)n2C)CCC1. The van der Waals surface area contributed by atoms with Crippen LogP contribution in [0.25, 0.3) is 11.3 Å². The minimum Gasteiger partial charge on any atom is -0.453 e. The van der Waals surface area contributed by atoms with Crippen LogP contribution < -0.4 is 5.32 Å². The van der Waals surface area contributed by atoms with Crippen LogP contribution in [-0.2, 0) is 21.4 Å². The molecule has 2 amide bonds. The maximum absolute atomic E-state index is 13.8. The highest BCUT2D eigenvalue weighted by Crippen LogP contribution is 2.44. The summed E-state index contributed by atoms with van der Waals surface area (Å²) >= 11 is 7.61. The molecule has 10 heteroatoms. The van der Waals surface area contributed by atoms with Gasteiger partial charge in [0.1, 0.15) is 6.04 Å². The molecule has 2 atom stereocenters. The first-order valence-corrected chi connectivity index (χ1v) is 15.7. The van der Waals surface area contributed by atoms with E-state index in [1.165, 1.54) is 18.9 Å². The third-order valence-corrected chi connectivity index (χ3v) is 9.61. The van der Waals surface area contributed by atoms with E-state index in [9.17, 15) is 14.4 Å². The molecule has 1 heterocycles. The number of benzene rings is 2. The van der Waals surface area contributed by atoms with E-state index in [4.69, 9.17) is 16.3 Å². The lowest BCUT2D eigenvalue weighted by Gasteiger charge is -2.51. The fraction of sp³-hybridized carbons (Fsp3) is 0.438. The Kier molecular flexibility index (Phi) is 10.7. The second-order valence-corrected chi connectivity index (χ2v) is 12.2. The molecule has 2 aromatic carbocycles. The van der Waals surface area contributed by atoms with Crippen molar-refractivity contribution in [1.82, 2.24) is 19.8 Å². The van der Waals surface area contributed by atoms with Gasteiger partial charge in [0.15, 0.2) is 5.16 Å². The number of amides is 2. The smallest absolute Gasteiger partial charge is 0.410 e. The van der Waals surface area contributed by atoms with Crippen LogP contribution >= 0.6 is 23.4 Å². The molecule has 1 fully saturated rings. The minimum atomic E-state index is -0.924. The number of methoxy groups -OCH3 is 1. The van der Waals surface area contributed by atoms with Crippen LogP contribution in [0, 0.1) is 0 Å². The highest BCUT2D eigenvalue weighted by Gasteiger charge is 2.51. The number of nitrogens with one attached hydrogen (secondary N) is 1. The van der Waals surface area contributed by atoms with Crippen LogP contribution in [0.15, 0.2) is 66.0 Å². The molecule has 1 saturated carbocycles. The molecule has 3 aromatic rings. The topological polar surface area (TPSA) is 93.5 Å². The number of ether oxygens (including phenoxy) is 1. The molecule has 0 unspecified atom stereocenters. The molecule has 0 spiro atoms. The maximum atomic E-state index is 13.8. The first kappa shape index (κ1) is 31.6. The average molecular weight is 611 g/mol. The van der Waals surface area contributed by atoms with Crippen LogP contribution in [0.4, 0.5) is 4.79 Å². The van der Waals surface area contributed by atoms with Gasteiger partial charge in [-0.25, -0.2) is 9.78 Å². The molecule has 0 aliphatic heterocycles. The van der Waals surface area contributed by atoms with Crippen molar-refractivity contribution in [1.29, 1.82) is 0 Å². The van der Waals surface area contributed by atoms with E-state index in [1.54, 1.807) is 4.90 Å². The van der Waals surface area contributed by atoms with Gasteiger partial charge < -0.3 is 14.6 Å². The number of thioether (sulfide) groups is 1. The van der Waals surface area contributed by atoms with Gasteiger partial charge in [0.05, 0.1) is 30.6 Å². The highest BCUT2D eigenvalue weighted by atomic mass is 35.5. The Balaban J connectivity index is 1.57. The molecule has 0 saturated heterocycles. The van der Waals surface area contributed by atoms with Crippen LogP contribution in [0.1, 0.15) is 64.0 Å². The second-order valence-electron chi connectivity index (χ2n) is 10.8. The Morgan fingerprint density at radius 2 is 1.83 bits per heavy atom. The number of ketones is 1. The number of imidazole rings is 1. The number of unbranched alkanes of at least 4 members (excludes halogenated alkanes) is 1. The zero-order valence-corrected chi connectivity index (χ0v) is 26.2. The van der Waals surface area contributed by atoms with Crippen molar-refractivity contribution in [2.45, 2.75) is 75.2 Å². The standard InChI is InChI=1S/C32H39ClN4O4S/c1-5-6-13-26(28(38)29(39)35-22(2)23-11-8-7-9-12-23)37(31(40)41-4)32(18-10-19-32)21-42-30-34-20-27(36(30)3)24-14-16-25(33)17-15-24/h7-9,11-12,14-17,20,22,26H,5-6,10,13,18-19,21H2,1-4H3,(H,35,39)/t22-,26+/m1/s1. The minimum absolute atomic E-state index is 0.354. The fourth-order valence-electron chi connectivity index (χ4n) is 5.42. The molecular weight excluding hydrogens is 572 g/mol. The van der Waals surface area contributed by atoms with Gasteiger partial charge in [0.25, 0.3) is 5.91 Å². The van der Waals surface area contributed by atoms with Gasteiger partial charge in [-0.1, -0.05) is 85.6 Å². The summed E-state index contributed by atoms with van der Waals surface area (Å²) in [5.41, 5.74) is 2.20. The number of aromatic nitrogens is 2. The van der Waals surface area contributed by atoms with Gasteiger partial charge in [0, 0.05) is 17.8 Å². The van der Waals surface area contributed by atoms with E-state index in [0.29, 0.717) is 36.5 Å². The van der Waals surface area contributed by atoms with E-state index in [2.05, 4.69) is 10.3 Å². The largest absolute Gasteiger partial charge is 0.453 e. The van der Waals surface area contributed by atoms with E-state index in [0.717, 1.165) is 34.8 Å². The Morgan fingerprint density at radius 3 is 2.43 bits per heavy atom. The van der Waals surface area contributed by atoms with Crippen LogP contribution in [-0.4, -0.2) is 56.7 Å². The Morgan fingerprint density at radius 1 is 1.14 bits per heavy atom. The molecule has 4 rings (SSSR count). The lowest BCUT2D eigenvalue weighted by atomic mass is 9.75. The van der Waals surface area contributed by atoms with Crippen molar-refractivity contribution < 1.29 is 19.1 Å². The van der Waals surface area contributed by atoms with Gasteiger partial charge in [-0.3, -0.25) is 14.5 Å². The molecular formula is C32H39ClN4O4S. The quantitative estimate of drug-likeness (QED) is 0.168. The predicted molar refractivity (Wildman–Crippen MR) is 167 cm³/mol. The monoisotopic (exact) mass is 610 g/mol. The van der Waals surface area contributed by atoms with Gasteiger partial charge >= 0.3 is 6.09 Å². The van der Waals surface area contributed by atoms with Crippen molar-refractivity contribution in [3.63, 3.8) is 0 Å². The van der Waals surface area contributed by atoms with E-state index in [-0.39, 0.29) is 6.04 Å². The number of nitrogens with zero attached hydrogens (tertiary/aromatic N) is 3. The van der Waals surface area contributed by atoms with Crippen LogP contribution in [0.5, 0.6) is 0 Å². The molecule has 0 radical (unpaired) electrons. The van der Waals surface area contributed by atoms with E-state index >= 15 is 0 Å². The van der Waals surface area contributed by atoms with E-state index < -0.39 is 29.4 Å². The van der Waals surface area contributed by atoms with Gasteiger partial charge in [0.2, 0.25) is 5.78 Å². The maximum Gasteiger partial charge on any atom is 0.410 e. The zero-order valence-electron chi connectivity index (χ0n) is 24.6. The van der Waals surface area contributed by atoms with E-state index in [1.807, 2.05) is 86.3 Å². The molecule has 42 heavy (non-hydrogen) atoms. The normalized spacial score (nSPS) is 15.3.